The number of morpholine rings is 1. The minimum Gasteiger partial charge on any atom is -0.444 e. The van der Waals surface area contributed by atoms with Gasteiger partial charge in [0.25, 0.3) is 0 Å². The van der Waals surface area contributed by atoms with E-state index in [0.717, 1.165) is 7.11 Å². The normalized spacial score (nSPS) is 20.8. The van der Waals surface area contributed by atoms with E-state index in [4.69, 9.17) is 9.47 Å². The van der Waals surface area contributed by atoms with Gasteiger partial charge in [0, 0.05) is 6.54 Å². The highest BCUT2D eigenvalue weighted by atomic mass is 32.3. The van der Waals surface area contributed by atoms with Crippen molar-refractivity contribution in [2.75, 3.05) is 33.4 Å². The topological polar surface area (TPSA) is 91.4 Å². The Hall–Kier alpha value is -0.900. The van der Waals surface area contributed by atoms with E-state index in [0.29, 0.717) is 13.2 Å². The van der Waals surface area contributed by atoms with Gasteiger partial charge in [-0.3, -0.25) is 4.18 Å². The summed E-state index contributed by atoms with van der Waals surface area (Å²) in [5.41, 5.74) is -0.583. The number of amides is 1. The van der Waals surface area contributed by atoms with Crippen LogP contribution in [0.5, 0.6) is 0 Å². The summed E-state index contributed by atoms with van der Waals surface area (Å²) in [5, 5.41) is 0. The Balaban J connectivity index is 2.48. The third-order valence-corrected chi connectivity index (χ3v) is 3.23. The fourth-order valence-electron chi connectivity index (χ4n) is 1.52. The summed E-state index contributed by atoms with van der Waals surface area (Å²) in [6.07, 6.45) is -0.999. The van der Waals surface area contributed by atoms with Gasteiger partial charge in [-0.05, 0) is 20.8 Å². The van der Waals surface area contributed by atoms with Crippen LogP contribution in [0.2, 0.25) is 0 Å². The molecule has 1 heterocycles. The molecule has 1 fully saturated rings. The zero-order valence-corrected chi connectivity index (χ0v) is 12.9. The molecule has 0 aromatic carbocycles. The Morgan fingerprint density at radius 1 is 1.40 bits per heavy atom. The fourth-order valence-corrected chi connectivity index (χ4v) is 1.93. The SMILES string of the molecule is COS(=O)(=O)OC[C@H]1CN(C(=O)OC(C)(C)C)CCO1. The van der Waals surface area contributed by atoms with Gasteiger partial charge in [0.15, 0.2) is 0 Å². The molecular formula is C11H21NO7S. The molecule has 1 aliphatic heterocycles. The Labute approximate surface area is 119 Å². The van der Waals surface area contributed by atoms with E-state index in [9.17, 15) is 13.2 Å². The minimum absolute atomic E-state index is 0.203. The van der Waals surface area contributed by atoms with Crippen molar-refractivity contribution in [1.82, 2.24) is 4.90 Å². The lowest BCUT2D eigenvalue weighted by molar-refractivity contribution is -0.0562. The van der Waals surface area contributed by atoms with Crippen molar-refractivity contribution in [2.24, 2.45) is 0 Å². The summed E-state index contributed by atoms with van der Waals surface area (Å²) in [6, 6.07) is 0. The molecule has 0 aromatic heterocycles. The first kappa shape index (κ1) is 17.2. The van der Waals surface area contributed by atoms with Crippen molar-refractivity contribution in [2.45, 2.75) is 32.5 Å². The van der Waals surface area contributed by atoms with E-state index in [-0.39, 0.29) is 13.2 Å². The van der Waals surface area contributed by atoms with Crippen molar-refractivity contribution in [1.29, 1.82) is 0 Å². The summed E-state index contributed by atoms with van der Waals surface area (Å²) in [6.45, 7) is 6.00. The average Bonchev–Trinajstić information content (AvgIpc) is 2.35. The molecule has 0 radical (unpaired) electrons. The molecule has 0 aliphatic carbocycles. The Morgan fingerprint density at radius 3 is 2.60 bits per heavy atom. The van der Waals surface area contributed by atoms with Gasteiger partial charge in [-0.2, -0.15) is 8.42 Å². The molecule has 20 heavy (non-hydrogen) atoms. The second-order valence-electron chi connectivity index (χ2n) is 5.28. The van der Waals surface area contributed by atoms with Crippen LogP contribution in [0.3, 0.4) is 0 Å². The number of nitrogens with zero attached hydrogens (tertiary/aromatic N) is 1. The number of hydrogen-bond acceptors (Lipinski definition) is 7. The van der Waals surface area contributed by atoms with Gasteiger partial charge >= 0.3 is 16.5 Å². The zero-order chi connectivity index (χ0) is 15.4. The molecule has 9 heteroatoms. The Morgan fingerprint density at radius 2 is 2.05 bits per heavy atom. The molecule has 118 valence electrons. The number of carbonyl (C=O) groups excluding carboxylic acids is 1. The first-order chi connectivity index (χ1) is 9.13. The number of ether oxygens (including phenoxy) is 2. The third-order valence-electron chi connectivity index (χ3n) is 2.39. The lowest BCUT2D eigenvalue weighted by Gasteiger charge is -2.33. The molecule has 0 aromatic rings. The number of hydrogen-bond donors (Lipinski definition) is 0. The van der Waals surface area contributed by atoms with Crippen LogP contribution in [0.1, 0.15) is 20.8 Å². The van der Waals surface area contributed by atoms with Crippen molar-refractivity contribution in [3.63, 3.8) is 0 Å². The largest absolute Gasteiger partial charge is 0.444 e. The highest BCUT2D eigenvalue weighted by Crippen LogP contribution is 2.13. The van der Waals surface area contributed by atoms with Crippen LogP contribution in [0.4, 0.5) is 4.79 Å². The lowest BCUT2D eigenvalue weighted by Crippen LogP contribution is -2.49. The van der Waals surface area contributed by atoms with Gasteiger partial charge in [0.05, 0.1) is 26.9 Å². The summed E-state index contributed by atoms with van der Waals surface area (Å²) < 4.78 is 41.4. The van der Waals surface area contributed by atoms with E-state index >= 15 is 0 Å². The standard InChI is InChI=1S/C11H21NO7S/c1-11(2,3)19-10(13)12-5-6-17-9(7-12)8-18-20(14,15)16-4/h9H,5-8H2,1-4H3/t9-/m1/s1. The minimum atomic E-state index is -4.00. The predicted molar refractivity (Wildman–Crippen MR) is 69.4 cm³/mol. The molecule has 1 saturated heterocycles. The average molecular weight is 311 g/mol. The molecule has 1 rings (SSSR count). The van der Waals surface area contributed by atoms with E-state index in [2.05, 4.69) is 8.37 Å². The molecule has 1 amide bonds. The summed E-state index contributed by atoms with van der Waals surface area (Å²) >= 11 is 0. The predicted octanol–water partition coefficient (Wildman–Crippen LogP) is 0.530. The molecular weight excluding hydrogens is 290 g/mol. The van der Waals surface area contributed by atoms with E-state index < -0.39 is 28.2 Å². The van der Waals surface area contributed by atoms with Crippen LogP contribution in [-0.4, -0.2) is 64.5 Å². The molecule has 0 bridgehead atoms. The number of carbonyl (C=O) groups is 1. The maximum absolute atomic E-state index is 11.9. The molecule has 1 atom stereocenters. The quantitative estimate of drug-likeness (QED) is 0.748. The van der Waals surface area contributed by atoms with Gasteiger partial charge in [-0.25, -0.2) is 8.98 Å². The second kappa shape index (κ2) is 6.70. The smallest absolute Gasteiger partial charge is 0.410 e. The van der Waals surface area contributed by atoms with Gasteiger partial charge in [0.2, 0.25) is 0 Å². The monoisotopic (exact) mass is 311 g/mol. The fraction of sp³-hybridized carbons (Fsp3) is 0.909. The van der Waals surface area contributed by atoms with Crippen LogP contribution in [0.15, 0.2) is 0 Å². The first-order valence-electron chi connectivity index (χ1n) is 6.17. The van der Waals surface area contributed by atoms with Crippen molar-refractivity contribution >= 4 is 16.5 Å². The van der Waals surface area contributed by atoms with Gasteiger partial charge in [-0.15, -0.1) is 0 Å². The summed E-state index contributed by atoms with van der Waals surface area (Å²) in [7, 11) is -3.00. The zero-order valence-electron chi connectivity index (χ0n) is 12.1. The molecule has 0 unspecified atom stereocenters. The van der Waals surface area contributed by atoms with Crippen LogP contribution in [0.25, 0.3) is 0 Å². The molecule has 0 N–H and O–H groups in total. The summed E-state index contributed by atoms with van der Waals surface area (Å²) in [5.74, 6) is 0. The maximum atomic E-state index is 11.9. The van der Waals surface area contributed by atoms with Gasteiger partial charge in [0.1, 0.15) is 11.7 Å². The van der Waals surface area contributed by atoms with Crippen molar-refractivity contribution in [3.05, 3.63) is 0 Å². The maximum Gasteiger partial charge on any atom is 0.410 e. The van der Waals surface area contributed by atoms with E-state index in [1.54, 1.807) is 20.8 Å². The second-order valence-corrected chi connectivity index (χ2v) is 6.66. The lowest BCUT2D eigenvalue weighted by atomic mass is 10.2. The highest BCUT2D eigenvalue weighted by Gasteiger charge is 2.29. The van der Waals surface area contributed by atoms with E-state index in [1.165, 1.54) is 4.90 Å². The van der Waals surface area contributed by atoms with Crippen molar-refractivity contribution in [3.8, 4) is 0 Å². The Kier molecular flexibility index (Phi) is 5.75. The van der Waals surface area contributed by atoms with Gasteiger partial charge < -0.3 is 14.4 Å². The first-order valence-corrected chi connectivity index (χ1v) is 7.51. The van der Waals surface area contributed by atoms with Crippen LogP contribution >= 0.6 is 0 Å². The van der Waals surface area contributed by atoms with Gasteiger partial charge in [-0.1, -0.05) is 0 Å². The van der Waals surface area contributed by atoms with Crippen molar-refractivity contribution < 1.29 is 31.1 Å². The van der Waals surface area contributed by atoms with E-state index in [1.807, 2.05) is 0 Å². The Bertz CT molecular complexity index is 429. The molecule has 0 spiro atoms. The van der Waals surface area contributed by atoms with Crippen LogP contribution in [-0.2, 0) is 28.2 Å². The molecule has 0 saturated carbocycles. The third kappa shape index (κ3) is 6.04. The summed E-state index contributed by atoms with van der Waals surface area (Å²) in [4.78, 5) is 13.3. The van der Waals surface area contributed by atoms with Crippen LogP contribution in [0, 0.1) is 0 Å². The molecule has 1 aliphatic rings. The molecule has 8 nitrogen and oxygen atoms in total. The highest BCUT2D eigenvalue weighted by molar-refractivity contribution is 7.81. The van der Waals surface area contributed by atoms with Crippen LogP contribution < -0.4 is 0 Å². The number of rotatable bonds is 4.